The molecule has 1 heteroatoms. The molecule has 0 fully saturated rings. The van der Waals surface area contributed by atoms with Crippen LogP contribution in [0.15, 0.2) is 11.1 Å². The van der Waals surface area contributed by atoms with Crippen LogP contribution in [0.25, 0.3) is 0 Å². The van der Waals surface area contributed by atoms with Crippen LogP contribution in [0.4, 0.5) is 0 Å². The number of hydrogen-bond acceptors (Lipinski definition) is 1. The van der Waals surface area contributed by atoms with Gasteiger partial charge < -0.3 is 4.74 Å². The maximum absolute atomic E-state index is 5.70. The Morgan fingerprint density at radius 3 is 2.67 bits per heavy atom. The van der Waals surface area contributed by atoms with Crippen molar-refractivity contribution in [2.75, 3.05) is 6.61 Å². The Balaban J connectivity index is 2.33. The molecule has 1 heterocycles. The maximum atomic E-state index is 5.70. The number of rotatable bonds is 3. The molecule has 0 amide bonds. The molecule has 1 nitrogen and oxygen atoms in total. The highest BCUT2D eigenvalue weighted by atomic mass is 16.5. The lowest BCUT2D eigenvalue weighted by Gasteiger charge is -2.24. The summed E-state index contributed by atoms with van der Waals surface area (Å²) in [5, 5.41) is 0. The highest BCUT2D eigenvalue weighted by Crippen LogP contribution is 2.22. The average Bonchev–Trinajstić information content (AvgIpc) is 2.07. The van der Waals surface area contributed by atoms with Gasteiger partial charge in [0, 0.05) is 0 Å². The summed E-state index contributed by atoms with van der Waals surface area (Å²) in [4.78, 5) is 0. The van der Waals surface area contributed by atoms with Gasteiger partial charge in [-0.15, -0.1) is 0 Å². The van der Waals surface area contributed by atoms with Crippen LogP contribution >= 0.6 is 0 Å². The lowest BCUT2D eigenvalue weighted by molar-refractivity contribution is 0.0508. The van der Waals surface area contributed by atoms with Gasteiger partial charge in [-0.25, -0.2) is 0 Å². The zero-order valence-electron chi connectivity index (χ0n) is 8.52. The van der Waals surface area contributed by atoms with Crippen LogP contribution < -0.4 is 0 Å². The maximum Gasteiger partial charge on any atom is 0.0680 e. The number of hydrogen-bond donors (Lipinski definition) is 0. The average molecular weight is 168 g/mol. The summed E-state index contributed by atoms with van der Waals surface area (Å²) in [5.41, 5.74) is 2.98. The lowest BCUT2D eigenvalue weighted by Crippen LogP contribution is -2.20. The zero-order valence-corrected chi connectivity index (χ0v) is 8.52. The Morgan fingerprint density at radius 1 is 1.33 bits per heavy atom. The van der Waals surface area contributed by atoms with Crippen molar-refractivity contribution >= 4 is 0 Å². The summed E-state index contributed by atoms with van der Waals surface area (Å²) in [7, 11) is 0. The predicted octanol–water partition coefficient (Wildman–Crippen LogP) is 3.30. The minimum Gasteiger partial charge on any atom is -0.374 e. The topological polar surface area (TPSA) is 9.23 Å². The van der Waals surface area contributed by atoms with E-state index < -0.39 is 0 Å². The van der Waals surface area contributed by atoms with Crippen LogP contribution in [0.3, 0.4) is 0 Å². The summed E-state index contributed by atoms with van der Waals surface area (Å²) in [5.74, 6) is 0. The van der Waals surface area contributed by atoms with E-state index in [-0.39, 0.29) is 0 Å². The molecule has 0 unspecified atom stereocenters. The Bertz CT molecular complexity index is 170. The van der Waals surface area contributed by atoms with Crippen LogP contribution in [0.2, 0.25) is 0 Å². The van der Waals surface area contributed by atoms with Gasteiger partial charge in [-0.05, 0) is 32.3 Å². The van der Waals surface area contributed by atoms with Gasteiger partial charge in [-0.3, -0.25) is 0 Å². The molecule has 0 aliphatic carbocycles. The summed E-state index contributed by atoms with van der Waals surface area (Å²) in [6, 6.07) is 0. The van der Waals surface area contributed by atoms with E-state index >= 15 is 0 Å². The second kappa shape index (κ2) is 4.66. The first-order valence-corrected chi connectivity index (χ1v) is 5.01. The molecule has 0 aromatic carbocycles. The van der Waals surface area contributed by atoms with Crippen molar-refractivity contribution in [3.63, 3.8) is 0 Å². The monoisotopic (exact) mass is 168 g/mol. The SMILES string of the molecule is CCCC[C@@H]1CC(C)=C(C)CO1. The van der Waals surface area contributed by atoms with Gasteiger partial charge in [0.2, 0.25) is 0 Å². The number of unbranched alkanes of at least 4 members (excludes halogenated alkanes) is 1. The molecule has 0 aromatic heterocycles. The van der Waals surface area contributed by atoms with Gasteiger partial charge in [0.1, 0.15) is 0 Å². The second-order valence-corrected chi connectivity index (χ2v) is 3.84. The van der Waals surface area contributed by atoms with Crippen molar-refractivity contribution in [2.24, 2.45) is 0 Å². The van der Waals surface area contributed by atoms with Gasteiger partial charge in [-0.1, -0.05) is 25.3 Å². The first kappa shape index (κ1) is 9.79. The normalized spacial score (nSPS) is 24.8. The van der Waals surface area contributed by atoms with Crippen LogP contribution in [0.1, 0.15) is 46.5 Å². The standard InChI is InChI=1S/C11H20O/c1-4-5-6-11-7-9(2)10(3)8-12-11/h11H,4-8H2,1-3H3/t11-/m1/s1. The van der Waals surface area contributed by atoms with Crippen LogP contribution in [0.5, 0.6) is 0 Å². The van der Waals surface area contributed by atoms with Gasteiger partial charge in [0.15, 0.2) is 0 Å². The van der Waals surface area contributed by atoms with Gasteiger partial charge in [0.25, 0.3) is 0 Å². The molecule has 0 aromatic rings. The Kier molecular flexibility index (Phi) is 3.80. The third-order valence-corrected chi connectivity index (χ3v) is 2.68. The third kappa shape index (κ3) is 2.63. The molecule has 0 spiro atoms. The van der Waals surface area contributed by atoms with Crippen LogP contribution in [-0.2, 0) is 4.74 Å². The summed E-state index contributed by atoms with van der Waals surface area (Å²) in [6.45, 7) is 7.50. The van der Waals surface area contributed by atoms with E-state index in [2.05, 4.69) is 20.8 Å². The van der Waals surface area contributed by atoms with E-state index in [9.17, 15) is 0 Å². The van der Waals surface area contributed by atoms with Crippen molar-refractivity contribution in [3.05, 3.63) is 11.1 Å². The van der Waals surface area contributed by atoms with E-state index in [1.54, 1.807) is 5.57 Å². The smallest absolute Gasteiger partial charge is 0.0680 e. The molecule has 0 radical (unpaired) electrons. The van der Waals surface area contributed by atoms with E-state index in [0.717, 1.165) is 13.0 Å². The van der Waals surface area contributed by atoms with Crippen LogP contribution in [0, 0.1) is 0 Å². The zero-order chi connectivity index (χ0) is 8.97. The van der Waals surface area contributed by atoms with Crippen molar-refractivity contribution in [1.82, 2.24) is 0 Å². The molecule has 70 valence electrons. The van der Waals surface area contributed by atoms with Gasteiger partial charge in [-0.2, -0.15) is 0 Å². The molecule has 1 aliphatic heterocycles. The largest absolute Gasteiger partial charge is 0.374 e. The second-order valence-electron chi connectivity index (χ2n) is 3.84. The highest BCUT2D eigenvalue weighted by molar-refractivity contribution is 5.13. The lowest BCUT2D eigenvalue weighted by atomic mass is 9.99. The summed E-state index contributed by atoms with van der Waals surface area (Å²) >= 11 is 0. The fourth-order valence-electron chi connectivity index (χ4n) is 1.56. The summed E-state index contributed by atoms with van der Waals surface area (Å²) < 4.78 is 5.70. The summed E-state index contributed by atoms with van der Waals surface area (Å²) in [6.07, 6.45) is 5.49. The fourth-order valence-corrected chi connectivity index (χ4v) is 1.56. The van der Waals surface area contributed by atoms with Crippen molar-refractivity contribution in [2.45, 2.75) is 52.6 Å². The van der Waals surface area contributed by atoms with E-state index in [1.165, 1.54) is 24.8 Å². The minimum atomic E-state index is 0.508. The predicted molar refractivity (Wildman–Crippen MR) is 52.3 cm³/mol. The van der Waals surface area contributed by atoms with Crippen molar-refractivity contribution in [1.29, 1.82) is 0 Å². The molecular weight excluding hydrogens is 148 g/mol. The van der Waals surface area contributed by atoms with E-state index in [4.69, 9.17) is 4.74 Å². The molecule has 0 bridgehead atoms. The van der Waals surface area contributed by atoms with Gasteiger partial charge in [0.05, 0.1) is 12.7 Å². The Hall–Kier alpha value is -0.300. The van der Waals surface area contributed by atoms with Crippen molar-refractivity contribution < 1.29 is 4.74 Å². The first-order chi connectivity index (χ1) is 5.74. The third-order valence-electron chi connectivity index (χ3n) is 2.68. The molecule has 1 rings (SSSR count). The van der Waals surface area contributed by atoms with Crippen LogP contribution in [-0.4, -0.2) is 12.7 Å². The molecule has 1 atom stereocenters. The fraction of sp³-hybridized carbons (Fsp3) is 0.818. The molecular formula is C11H20O. The molecule has 12 heavy (non-hydrogen) atoms. The van der Waals surface area contributed by atoms with Gasteiger partial charge >= 0.3 is 0 Å². The number of ether oxygens (including phenoxy) is 1. The quantitative estimate of drug-likeness (QED) is 0.587. The Labute approximate surface area is 75.8 Å². The molecule has 0 N–H and O–H groups in total. The minimum absolute atomic E-state index is 0.508. The first-order valence-electron chi connectivity index (χ1n) is 5.01. The van der Waals surface area contributed by atoms with Crippen molar-refractivity contribution in [3.8, 4) is 0 Å². The molecule has 0 saturated heterocycles. The highest BCUT2D eigenvalue weighted by Gasteiger charge is 2.15. The van der Waals surface area contributed by atoms with E-state index in [0.29, 0.717) is 6.10 Å². The van der Waals surface area contributed by atoms with E-state index in [1.807, 2.05) is 0 Å². The Morgan fingerprint density at radius 2 is 2.08 bits per heavy atom. The molecule has 0 saturated carbocycles. The molecule has 1 aliphatic rings.